The molecule has 0 radical (unpaired) electrons. The van der Waals surface area contributed by atoms with Crippen molar-refractivity contribution in [3.8, 4) is 0 Å². The monoisotopic (exact) mass is 812 g/mol. The van der Waals surface area contributed by atoms with Crippen molar-refractivity contribution in [3.05, 3.63) is 76.5 Å². The number of allylic oxidation sites excluding steroid dienone is 4. The van der Waals surface area contributed by atoms with Gasteiger partial charge in [-0.2, -0.15) is 0 Å². The van der Waals surface area contributed by atoms with Gasteiger partial charge in [-0.05, 0) is 47.8 Å². The van der Waals surface area contributed by atoms with E-state index in [4.69, 9.17) is 0 Å². The van der Waals surface area contributed by atoms with Crippen LogP contribution in [0.4, 0.5) is 0 Å². The summed E-state index contributed by atoms with van der Waals surface area (Å²) in [5.74, 6) is 0.409. The summed E-state index contributed by atoms with van der Waals surface area (Å²) in [6.07, 6.45) is 0. The van der Waals surface area contributed by atoms with Gasteiger partial charge in [-0.25, -0.2) is 0 Å². The number of hydrogen-bond donors (Lipinski definition) is 0. The second-order valence-electron chi connectivity index (χ2n) is 22.5. The molecule has 0 nitrogen and oxygen atoms in total. The SMILES string of the molecule is CC1=C(C)C(C)C([Si](c2cccc([Si](C)(C)C)c2[Si](C)(C)C)(c2cccc([Si](C)(C)C)c2[Si](C)(C)C)c2cccc([Si](C)(C)C)c2[Si](C)(C)C)=C1C. The summed E-state index contributed by atoms with van der Waals surface area (Å²) in [5.41, 5.74) is 4.73. The molecule has 0 fully saturated rings. The van der Waals surface area contributed by atoms with Gasteiger partial charge in [0.25, 0.3) is 0 Å². The fraction of sp³-hybridized carbons (Fsp3) is 0.511. The summed E-state index contributed by atoms with van der Waals surface area (Å²) in [7, 11) is -13.8. The molecule has 1 unspecified atom stereocenters. The first-order valence-electron chi connectivity index (χ1n) is 20.1. The zero-order valence-corrected chi connectivity index (χ0v) is 44.8. The van der Waals surface area contributed by atoms with Gasteiger partial charge < -0.3 is 0 Å². The Hall–Kier alpha value is -1.34. The molecule has 0 aliphatic heterocycles. The van der Waals surface area contributed by atoms with Crippen LogP contribution in [0.3, 0.4) is 0 Å². The first-order chi connectivity index (χ1) is 23.3. The highest BCUT2D eigenvalue weighted by molar-refractivity contribution is 7.24. The Labute approximate surface area is 329 Å². The second-order valence-corrected chi connectivity index (χ2v) is 56.3. The third-order valence-corrected chi connectivity index (χ3v) is 31.1. The third kappa shape index (κ3) is 7.59. The van der Waals surface area contributed by atoms with Crippen molar-refractivity contribution in [1.29, 1.82) is 0 Å². The minimum atomic E-state index is -2.99. The Morgan fingerprint density at radius 3 is 0.788 bits per heavy atom. The van der Waals surface area contributed by atoms with Gasteiger partial charge in [0.15, 0.2) is 8.07 Å². The number of rotatable bonds is 10. The van der Waals surface area contributed by atoms with Crippen LogP contribution in [0.15, 0.2) is 76.5 Å². The maximum Gasteiger partial charge on any atom is 0.176 e. The molecule has 1 aliphatic carbocycles. The second kappa shape index (κ2) is 14.0. The van der Waals surface area contributed by atoms with Crippen LogP contribution in [0.1, 0.15) is 27.7 Å². The van der Waals surface area contributed by atoms with Gasteiger partial charge in [-0.15, -0.1) is 0 Å². The minimum Gasteiger partial charge on any atom is -0.0656 e. The first kappa shape index (κ1) is 43.4. The maximum atomic E-state index is 2.71. The lowest BCUT2D eigenvalue weighted by Crippen LogP contribution is -2.85. The molecule has 0 aromatic heterocycles. The van der Waals surface area contributed by atoms with E-state index in [0.717, 1.165) is 0 Å². The summed E-state index contributed by atoms with van der Waals surface area (Å²) in [6.45, 7) is 57.5. The molecule has 0 saturated carbocycles. The highest BCUT2D eigenvalue weighted by atomic mass is 28.3. The topological polar surface area (TPSA) is 0 Å². The lowest BCUT2D eigenvalue weighted by atomic mass is 10.1. The van der Waals surface area contributed by atoms with Crippen molar-refractivity contribution >= 4 is 103 Å². The summed E-state index contributed by atoms with van der Waals surface area (Å²) >= 11 is 0. The van der Waals surface area contributed by atoms with Crippen molar-refractivity contribution in [3.63, 3.8) is 0 Å². The van der Waals surface area contributed by atoms with Gasteiger partial charge in [-0.3, -0.25) is 0 Å². The molecular weight excluding hydrogens is 737 g/mol. The fourth-order valence-corrected chi connectivity index (χ4v) is 37.6. The highest BCUT2D eigenvalue weighted by Gasteiger charge is 2.55. The Bertz CT molecular complexity index is 1740. The summed E-state index contributed by atoms with van der Waals surface area (Å²) in [4.78, 5) is 0. The predicted molar refractivity (Wildman–Crippen MR) is 262 cm³/mol. The van der Waals surface area contributed by atoms with Crippen LogP contribution in [-0.2, 0) is 0 Å². The molecule has 7 heteroatoms. The summed E-state index contributed by atoms with van der Waals surface area (Å²) in [6, 6.07) is 23.4. The van der Waals surface area contributed by atoms with E-state index >= 15 is 0 Å². The smallest absolute Gasteiger partial charge is 0.0656 e. The van der Waals surface area contributed by atoms with E-state index in [-0.39, 0.29) is 0 Å². The van der Waals surface area contributed by atoms with E-state index in [9.17, 15) is 0 Å². The van der Waals surface area contributed by atoms with Crippen LogP contribution < -0.4 is 46.7 Å². The van der Waals surface area contributed by atoms with Crippen LogP contribution in [-0.4, -0.2) is 56.5 Å². The van der Waals surface area contributed by atoms with Gasteiger partial charge in [0.2, 0.25) is 0 Å². The zero-order chi connectivity index (χ0) is 39.9. The molecule has 0 N–H and O–H groups in total. The van der Waals surface area contributed by atoms with Crippen LogP contribution in [0.25, 0.3) is 0 Å². The molecule has 0 amide bonds. The third-order valence-electron chi connectivity index (χ3n) is 12.1. The van der Waals surface area contributed by atoms with E-state index < -0.39 is 56.5 Å². The summed E-state index contributed by atoms with van der Waals surface area (Å²) in [5, 5.41) is 17.6. The fourth-order valence-electron chi connectivity index (χ4n) is 9.73. The Morgan fingerprint density at radius 1 is 0.346 bits per heavy atom. The Balaban J connectivity index is 2.66. The van der Waals surface area contributed by atoms with Gasteiger partial charge in [-0.1, -0.05) is 227 Å². The highest BCUT2D eigenvalue weighted by Crippen LogP contribution is 2.41. The van der Waals surface area contributed by atoms with Gasteiger partial charge in [0.1, 0.15) is 0 Å². The van der Waals surface area contributed by atoms with E-state index in [0.29, 0.717) is 5.92 Å². The number of benzene rings is 3. The molecule has 0 bridgehead atoms. The molecule has 52 heavy (non-hydrogen) atoms. The van der Waals surface area contributed by atoms with Crippen molar-refractivity contribution in [2.45, 2.75) is 146 Å². The van der Waals surface area contributed by atoms with Crippen LogP contribution in [0, 0.1) is 5.92 Å². The van der Waals surface area contributed by atoms with Gasteiger partial charge in [0.05, 0.1) is 48.4 Å². The Kier molecular flexibility index (Phi) is 11.7. The molecule has 284 valence electrons. The van der Waals surface area contributed by atoms with E-state index in [1.54, 1.807) is 68.6 Å². The average Bonchev–Trinajstić information content (AvgIpc) is 3.17. The molecule has 3 aromatic rings. The lowest BCUT2D eigenvalue weighted by molar-refractivity contribution is 0.852. The zero-order valence-electron chi connectivity index (χ0n) is 37.8. The Morgan fingerprint density at radius 2 is 0.596 bits per heavy atom. The normalized spacial score (nSPS) is 17.1. The molecule has 0 heterocycles. The van der Waals surface area contributed by atoms with Crippen LogP contribution in [0.2, 0.25) is 118 Å². The van der Waals surface area contributed by atoms with Crippen molar-refractivity contribution in [2.75, 3.05) is 0 Å². The van der Waals surface area contributed by atoms with Crippen molar-refractivity contribution in [2.24, 2.45) is 5.92 Å². The van der Waals surface area contributed by atoms with E-state index in [2.05, 4.69) is 200 Å². The molecule has 3 aromatic carbocycles. The van der Waals surface area contributed by atoms with Gasteiger partial charge >= 0.3 is 0 Å². The predicted octanol–water partition coefficient (Wildman–Crippen LogP) is 8.27. The molecule has 1 atom stereocenters. The van der Waals surface area contributed by atoms with Crippen LogP contribution >= 0.6 is 0 Å². The average molecular weight is 814 g/mol. The molecule has 4 rings (SSSR count). The number of hydrogen-bond acceptors (Lipinski definition) is 0. The quantitative estimate of drug-likeness (QED) is 0.143. The molecule has 1 aliphatic rings. The van der Waals surface area contributed by atoms with E-state index in [1.807, 2.05) is 0 Å². The van der Waals surface area contributed by atoms with Crippen LogP contribution in [0.5, 0.6) is 0 Å². The first-order valence-corrected chi connectivity index (χ1v) is 43.1. The maximum absolute atomic E-state index is 2.99. The van der Waals surface area contributed by atoms with Gasteiger partial charge in [0, 0.05) is 0 Å². The standard InChI is InChI=1S/C45H76Si7/c1-32-33(2)35(4)42(34(32)3)52(39-29-23-26-36(46(5,6)7)43(39)49(14,15)16,40-30-24-27-37(47(8,9)10)44(40)50(17,18)19)41-31-25-28-38(48(11,12)13)45(41)51(20,21)22/h23-31,34H,1-22H3. The molecule has 0 saturated heterocycles. The van der Waals surface area contributed by atoms with Crippen molar-refractivity contribution < 1.29 is 0 Å². The van der Waals surface area contributed by atoms with Crippen molar-refractivity contribution in [1.82, 2.24) is 0 Å². The summed E-state index contributed by atoms with van der Waals surface area (Å²) < 4.78 is 0. The van der Waals surface area contributed by atoms with E-state index in [1.165, 1.54) is 0 Å². The lowest BCUT2D eigenvalue weighted by Gasteiger charge is -2.48. The molecule has 0 spiro atoms. The minimum absolute atomic E-state index is 0.409. The largest absolute Gasteiger partial charge is 0.176 e. The molecular formula is C45H76Si7.